The Hall–Kier alpha value is -1.22. The molecule has 14 heavy (non-hydrogen) atoms. The quantitative estimate of drug-likeness (QED) is 0.531. The van der Waals surface area contributed by atoms with Crippen molar-refractivity contribution in [3.05, 3.63) is 34.9 Å². The lowest BCUT2D eigenvalue weighted by Gasteiger charge is -2.32. The molecule has 0 aromatic rings. The number of nitrogens with one attached hydrogen (secondary N) is 3. The molecule has 0 aromatic heterocycles. The highest BCUT2D eigenvalue weighted by atomic mass is 15.1. The summed E-state index contributed by atoms with van der Waals surface area (Å²) in [7, 11) is 0. The third-order valence-corrected chi connectivity index (χ3v) is 2.98. The molecule has 0 aromatic carbocycles. The number of hydrogen-bond donors (Lipinski definition) is 3. The van der Waals surface area contributed by atoms with Gasteiger partial charge in [0, 0.05) is 36.6 Å². The Morgan fingerprint density at radius 2 is 2.00 bits per heavy atom. The molecular weight excluding hydrogens is 174 g/mol. The van der Waals surface area contributed by atoms with Crippen molar-refractivity contribution in [1.29, 1.82) is 0 Å². The maximum atomic E-state index is 3.56. The highest BCUT2D eigenvalue weighted by molar-refractivity contribution is 5.38. The molecule has 3 nitrogen and oxygen atoms in total. The smallest absolute Gasteiger partial charge is 0.0575 e. The average molecular weight is 189 g/mol. The zero-order valence-electron chi connectivity index (χ0n) is 8.19. The molecule has 3 rings (SSSR count). The molecule has 0 radical (unpaired) electrons. The fourth-order valence-corrected chi connectivity index (χ4v) is 2.20. The molecule has 2 aliphatic heterocycles. The van der Waals surface area contributed by atoms with Crippen LogP contribution in [0.15, 0.2) is 34.9 Å². The van der Waals surface area contributed by atoms with Gasteiger partial charge in [-0.2, -0.15) is 0 Å². The minimum absolute atomic E-state index is 0.965. The minimum Gasteiger partial charge on any atom is -0.359 e. The third-order valence-electron chi connectivity index (χ3n) is 2.98. The summed E-state index contributed by atoms with van der Waals surface area (Å²) in [5.41, 5.74) is 5.34. The molecule has 0 bridgehead atoms. The van der Waals surface area contributed by atoms with Gasteiger partial charge in [0.15, 0.2) is 0 Å². The summed E-state index contributed by atoms with van der Waals surface area (Å²) in [4.78, 5) is 0. The second-order valence-electron chi connectivity index (χ2n) is 3.97. The maximum Gasteiger partial charge on any atom is 0.0575 e. The third kappa shape index (κ3) is 1.24. The molecule has 0 saturated heterocycles. The van der Waals surface area contributed by atoms with Gasteiger partial charge in [-0.1, -0.05) is 6.08 Å². The van der Waals surface area contributed by atoms with Crippen molar-refractivity contribution < 1.29 is 0 Å². The second-order valence-corrected chi connectivity index (χ2v) is 3.97. The molecule has 0 amide bonds. The molecule has 0 fully saturated rings. The van der Waals surface area contributed by atoms with Crippen LogP contribution in [0.1, 0.15) is 19.3 Å². The zero-order chi connectivity index (χ0) is 9.38. The van der Waals surface area contributed by atoms with Crippen molar-refractivity contribution in [2.75, 3.05) is 13.1 Å². The van der Waals surface area contributed by atoms with Crippen LogP contribution in [0, 0.1) is 0 Å². The number of allylic oxidation sites excluding steroid dienone is 3. The SMILES string of the molecule is C1=CC2=C(CC1)NC1=C(CNCC1)N2. The predicted octanol–water partition coefficient (Wildman–Crippen LogP) is 0.946. The first kappa shape index (κ1) is 8.12. The van der Waals surface area contributed by atoms with E-state index in [0.29, 0.717) is 0 Å². The van der Waals surface area contributed by atoms with Crippen LogP contribution in [-0.4, -0.2) is 13.1 Å². The molecule has 74 valence electrons. The van der Waals surface area contributed by atoms with Crippen LogP contribution in [0.5, 0.6) is 0 Å². The predicted molar refractivity (Wildman–Crippen MR) is 56.2 cm³/mol. The van der Waals surface area contributed by atoms with Crippen molar-refractivity contribution in [2.24, 2.45) is 0 Å². The van der Waals surface area contributed by atoms with Gasteiger partial charge in [0.1, 0.15) is 0 Å². The lowest BCUT2D eigenvalue weighted by Crippen LogP contribution is -2.40. The highest BCUT2D eigenvalue weighted by Gasteiger charge is 2.21. The van der Waals surface area contributed by atoms with Crippen LogP contribution in [0.3, 0.4) is 0 Å². The van der Waals surface area contributed by atoms with E-state index in [1.807, 2.05) is 0 Å². The Kier molecular flexibility index (Phi) is 1.84. The van der Waals surface area contributed by atoms with Gasteiger partial charge in [0.2, 0.25) is 0 Å². The van der Waals surface area contributed by atoms with Gasteiger partial charge < -0.3 is 16.0 Å². The normalized spacial score (nSPS) is 25.1. The van der Waals surface area contributed by atoms with Gasteiger partial charge in [-0.3, -0.25) is 0 Å². The standard InChI is InChI=1S/C11H15N3/c1-2-4-9-8(3-1)13-10-5-6-12-7-11(10)14-9/h2,4,12-14H,1,3,5-7H2. The van der Waals surface area contributed by atoms with Crippen molar-refractivity contribution in [3.8, 4) is 0 Å². The van der Waals surface area contributed by atoms with E-state index in [2.05, 4.69) is 28.1 Å². The molecule has 0 unspecified atom stereocenters. The van der Waals surface area contributed by atoms with Crippen molar-refractivity contribution >= 4 is 0 Å². The molecule has 0 spiro atoms. The van der Waals surface area contributed by atoms with E-state index in [1.165, 1.54) is 22.8 Å². The second kappa shape index (κ2) is 3.17. The summed E-state index contributed by atoms with van der Waals surface area (Å²) < 4.78 is 0. The van der Waals surface area contributed by atoms with Gasteiger partial charge in [0.05, 0.1) is 5.70 Å². The lowest BCUT2D eigenvalue weighted by molar-refractivity contribution is 0.589. The molecular formula is C11H15N3. The molecule has 2 heterocycles. The van der Waals surface area contributed by atoms with E-state index >= 15 is 0 Å². The fourth-order valence-electron chi connectivity index (χ4n) is 2.20. The zero-order valence-corrected chi connectivity index (χ0v) is 8.19. The van der Waals surface area contributed by atoms with Crippen LogP contribution >= 0.6 is 0 Å². The summed E-state index contributed by atoms with van der Waals surface area (Å²) in [6.07, 6.45) is 7.83. The van der Waals surface area contributed by atoms with Gasteiger partial charge in [0.25, 0.3) is 0 Å². The number of hydrogen-bond acceptors (Lipinski definition) is 3. The van der Waals surface area contributed by atoms with Crippen LogP contribution < -0.4 is 16.0 Å². The van der Waals surface area contributed by atoms with Crippen molar-refractivity contribution in [3.63, 3.8) is 0 Å². The summed E-state index contributed by atoms with van der Waals surface area (Å²) in [5.74, 6) is 0. The molecule has 0 atom stereocenters. The molecule has 3 heteroatoms. The Balaban J connectivity index is 1.88. The Bertz CT molecular complexity index is 350. The minimum atomic E-state index is 0.965. The van der Waals surface area contributed by atoms with E-state index in [9.17, 15) is 0 Å². The first-order chi connectivity index (χ1) is 6.93. The summed E-state index contributed by atoms with van der Waals surface area (Å²) in [6, 6.07) is 0. The Morgan fingerprint density at radius 3 is 3.00 bits per heavy atom. The van der Waals surface area contributed by atoms with Crippen LogP contribution in [0.4, 0.5) is 0 Å². The van der Waals surface area contributed by atoms with Gasteiger partial charge >= 0.3 is 0 Å². The summed E-state index contributed by atoms with van der Waals surface area (Å²) in [6.45, 7) is 2.05. The topological polar surface area (TPSA) is 36.1 Å². The van der Waals surface area contributed by atoms with E-state index in [0.717, 1.165) is 32.4 Å². The molecule has 0 saturated carbocycles. The Labute approximate surface area is 84.0 Å². The van der Waals surface area contributed by atoms with Crippen LogP contribution in [-0.2, 0) is 0 Å². The van der Waals surface area contributed by atoms with Crippen LogP contribution in [0.2, 0.25) is 0 Å². The van der Waals surface area contributed by atoms with Gasteiger partial charge in [-0.05, 0) is 18.9 Å². The summed E-state index contributed by atoms with van der Waals surface area (Å²) in [5, 5.41) is 10.4. The van der Waals surface area contributed by atoms with E-state index in [4.69, 9.17) is 0 Å². The average Bonchev–Trinajstić information content (AvgIpc) is 2.26. The molecule has 1 aliphatic carbocycles. The fraction of sp³-hybridized carbons (Fsp3) is 0.455. The summed E-state index contributed by atoms with van der Waals surface area (Å²) >= 11 is 0. The van der Waals surface area contributed by atoms with E-state index in [-0.39, 0.29) is 0 Å². The molecule has 3 N–H and O–H groups in total. The number of rotatable bonds is 0. The van der Waals surface area contributed by atoms with Crippen LogP contribution in [0.25, 0.3) is 0 Å². The van der Waals surface area contributed by atoms with Crippen molar-refractivity contribution in [2.45, 2.75) is 19.3 Å². The monoisotopic (exact) mass is 189 g/mol. The van der Waals surface area contributed by atoms with E-state index in [1.54, 1.807) is 0 Å². The van der Waals surface area contributed by atoms with Crippen molar-refractivity contribution in [1.82, 2.24) is 16.0 Å². The highest BCUT2D eigenvalue weighted by Crippen LogP contribution is 2.23. The lowest BCUT2D eigenvalue weighted by atomic mass is 10.0. The van der Waals surface area contributed by atoms with Gasteiger partial charge in [-0.25, -0.2) is 0 Å². The largest absolute Gasteiger partial charge is 0.359 e. The van der Waals surface area contributed by atoms with E-state index < -0.39 is 0 Å². The molecule has 3 aliphatic rings. The Morgan fingerprint density at radius 1 is 1.00 bits per heavy atom. The van der Waals surface area contributed by atoms with Gasteiger partial charge in [-0.15, -0.1) is 0 Å². The maximum absolute atomic E-state index is 3.56. The first-order valence-corrected chi connectivity index (χ1v) is 5.30. The first-order valence-electron chi connectivity index (χ1n) is 5.30.